The van der Waals surface area contributed by atoms with Crippen LogP contribution in [0.3, 0.4) is 0 Å². The van der Waals surface area contributed by atoms with Gasteiger partial charge in [0, 0.05) is 5.69 Å². The molecule has 0 saturated carbocycles. The van der Waals surface area contributed by atoms with Gasteiger partial charge in [-0.05, 0) is 30.3 Å². The van der Waals surface area contributed by atoms with Gasteiger partial charge in [0.1, 0.15) is 0 Å². The zero-order chi connectivity index (χ0) is 20.0. The van der Waals surface area contributed by atoms with Crippen LogP contribution in [0, 0.1) is 0 Å². The van der Waals surface area contributed by atoms with Gasteiger partial charge in [0.05, 0.1) is 21.3 Å². The number of hydrogen-bond donors (Lipinski definition) is 5. The Morgan fingerprint density at radius 3 is 2.19 bits per heavy atom. The van der Waals surface area contributed by atoms with Gasteiger partial charge in [-0.2, -0.15) is 0 Å². The zero-order valence-corrected chi connectivity index (χ0v) is 14.9. The summed E-state index contributed by atoms with van der Waals surface area (Å²) >= 11 is 11.6. The number of hydrogen-bond acceptors (Lipinski definition) is 4. The Morgan fingerprint density at radius 1 is 0.815 bits per heavy atom. The molecule has 0 atom stereocenters. The lowest BCUT2D eigenvalue weighted by atomic mass is 10.2. The smallest absolute Gasteiger partial charge is 0.337 e. The number of carbonyl (C=O) groups excluding carboxylic acids is 3. The molecule has 2 rings (SSSR count). The summed E-state index contributed by atoms with van der Waals surface area (Å²) < 4.78 is 0. The molecule has 9 nitrogen and oxygen atoms in total. The van der Waals surface area contributed by atoms with Crippen molar-refractivity contribution < 1.29 is 24.3 Å². The normalized spacial score (nSPS) is 9.85. The van der Waals surface area contributed by atoms with E-state index in [-0.39, 0.29) is 16.3 Å². The van der Waals surface area contributed by atoms with E-state index in [1.165, 1.54) is 42.5 Å². The molecule has 0 aliphatic rings. The third kappa shape index (κ3) is 5.59. The number of aromatic carboxylic acids is 1. The van der Waals surface area contributed by atoms with Crippen molar-refractivity contribution in [1.29, 1.82) is 0 Å². The number of rotatable bonds is 3. The fraction of sp³-hybridized carbons (Fsp3) is 0. The van der Waals surface area contributed by atoms with E-state index in [4.69, 9.17) is 28.3 Å². The molecule has 0 spiro atoms. The minimum Gasteiger partial charge on any atom is -0.478 e. The van der Waals surface area contributed by atoms with Crippen molar-refractivity contribution in [2.45, 2.75) is 0 Å². The molecule has 0 aliphatic carbocycles. The molecule has 0 saturated heterocycles. The van der Waals surface area contributed by atoms with Crippen LogP contribution < -0.4 is 21.5 Å². The lowest BCUT2D eigenvalue weighted by Crippen LogP contribution is -2.48. The average molecular weight is 411 g/mol. The second kappa shape index (κ2) is 8.88. The number of carbonyl (C=O) groups is 4. The summed E-state index contributed by atoms with van der Waals surface area (Å²) in [5.74, 6) is -3.65. The molecule has 0 heterocycles. The summed E-state index contributed by atoms with van der Waals surface area (Å²) in [5, 5.41) is 14.1. The molecule has 0 unspecified atom stereocenters. The van der Waals surface area contributed by atoms with Gasteiger partial charge >= 0.3 is 23.8 Å². The van der Waals surface area contributed by atoms with E-state index >= 15 is 0 Å². The van der Waals surface area contributed by atoms with Crippen LogP contribution in [-0.4, -0.2) is 28.9 Å². The van der Waals surface area contributed by atoms with Crippen LogP contribution in [-0.2, 0) is 9.59 Å². The molecule has 4 amide bonds. The van der Waals surface area contributed by atoms with Gasteiger partial charge in [0.25, 0.3) is 0 Å². The number of para-hydroxylation sites is 1. The van der Waals surface area contributed by atoms with Crippen LogP contribution in [0.5, 0.6) is 0 Å². The van der Waals surface area contributed by atoms with E-state index in [0.29, 0.717) is 10.7 Å². The second-order valence-corrected chi connectivity index (χ2v) is 5.78. The molecular weight excluding hydrogens is 399 g/mol. The number of nitrogens with one attached hydrogen (secondary N) is 4. The number of amides is 4. The molecule has 11 heteroatoms. The van der Waals surface area contributed by atoms with Gasteiger partial charge in [0.15, 0.2) is 0 Å². The largest absolute Gasteiger partial charge is 0.478 e. The number of carboxylic acid groups (broad SMARTS) is 1. The highest BCUT2D eigenvalue weighted by Crippen LogP contribution is 2.24. The fourth-order valence-electron chi connectivity index (χ4n) is 1.86. The molecule has 2 aromatic rings. The standard InChI is InChI=1S/C16H12Cl2N4O5/c17-10-6-5-8(7-11(10)18)19-16(27)22-21-14(24)13(23)20-12-4-2-1-3-9(12)15(25)26/h1-7H,(H,20,23)(H,21,24)(H,25,26)(H2,19,22,27). The number of benzene rings is 2. The molecule has 0 radical (unpaired) electrons. The van der Waals surface area contributed by atoms with Crippen molar-refractivity contribution in [2.75, 3.05) is 10.6 Å². The quantitative estimate of drug-likeness (QED) is 0.391. The highest BCUT2D eigenvalue weighted by atomic mass is 35.5. The van der Waals surface area contributed by atoms with Gasteiger partial charge in [0.2, 0.25) is 0 Å². The number of anilines is 2. The highest BCUT2D eigenvalue weighted by molar-refractivity contribution is 6.42. The van der Waals surface area contributed by atoms with Crippen molar-refractivity contribution >= 4 is 58.4 Å². The number of hydrazine groups is 1. The Bertz CT molecular complexity index is 919. The lowest BCUT2D eigenvalue weighted by molar-refractivity contribution is -0.136. The van der Waals surface area contributed by atoms with Crippen LogP contribution in [0.4, 0.5) is 16.2 Å². The maximum atomic E-state index is 11.8. The molecule has 0 bridgehead atoms. The third-order valence-electron chi connectivity index (χ3n) is 3.08. The Balaban J connectivity index is 1.89. The van der Waals surface area contributed by atoms with Crippen LogP contribution in [0.1, 0.15) is 10.4 Å². The first-order valence-corrected chi connectivity index (χ1v) is 7.99. The molecule has 27 heavy (non-hydrogen) atoms. The monoisotopic (exact) mass is 410 g/mol. The predicted octanol–water partition coefficient (Wildman–Crippen LogP) is 2.48. The Morgan fingerprint density at radius 2 is 1.52 bits per heavy atom. The first-order chi connectivity index (χ1) is 12.8. The third-order valence-corrected chi connectivity index (χ3v) is 3.82. The number of carboxylic acids is 1. The Labute approximate surface area is 162 Å². The number of halogens is 2. The van der Waals surface area contributed by atoms with Crippen molar-refractivity contribution in [2.24, 2.45) is 0 Å². The molecule has 0 aromatic heterocycles. The minimum atomic E-state index is -1.27. The second-order valence-electron chi connectivity index (χ2n) is 4.97. The maximum absolute atomic E-state index is 11.8. The summed E-state index contributed by atoms with van der Waals surface area (Å²) in [6.45, 7) is 0. The van der Waals surface area contributed by atoms with Crippen LogP contribution in [0.25, 0.3) is 0 Å². The summed E-state index contributed by atoms with van der Waals surface area (Å²) in [4.78, 5) is 46.3. The molecular formula is C16H12Cl2N4O5. The average Bonchev–Trinajstić information content (AvgIpc) is 2.63. The van der Waals surface area contributed by atoms with Crippen molar-refractivity contribution in [3.8, 4) is 0 Å². The topological polar surface area (TPSA) is 137 Å². The SMILES string of the molecule is O=C(NNC(=O)C(=O)Nc1ccccc1C(=O)O)Nc1ccc(Cl)c(Cl)c1. The zero-order valence-electron chi connectivity index (χ0n) is 13.4. The van der Waals surface area contributed by atoms with Crippen molar-refractivity contribution in [3.05, 3.63) is 58.1 Å². The van der Waals surface area contributed by atoms with Gasteiger partial charge in [-0.3, -0.25) is 15.0 Å². The van der Waals surface area contributed by atoms with E-state index in [9.17, 15) is 19.2 Å². The Kier molecular flexibility index (Phi) is 6.58. The lowest BCUT2D eigenvalue weighted by Gasteiger charge is -2.10. The van der Waals surface area contributed by atoms with Crippen LogP contribution >= 0.6 is 23.2 Å². The van der Waals surface area contributed by atoms with Gasteiger partial charge in [-0.25, -0.2) is 15.0 Å². The maximum Gasteiger partial charge on any atom is 0.337 e. The summed E-state index contributed by atoms with van der Waals surface area (Å²) in [6, 6.07) is 9.02. The molecule has 0 fully saturated rings. The first-order valence-electron chi connectivity index (χ1n) is 7.23. The van der Waals surface area contributed by atoms with Gasteiger partial charge in [-0.15, -0.1) is 0 Å². The van der Waals surface area contributed by atoms with E-state index in [2.05, 4.69) is 10.6 Å². The highest BCUT2D eigenvalue weighted by Gasteiger charge is 2.18. The van der Waals surface area contributed by atoms with E-state index in [1.54, 1.807) is 0 Å². The molecule has 140 valence electrons. The minimum absolute atomic E-state index is 0.0644. The van der Waals surface area contributed by atoms with Gasteiger partial charge < -0.3 is 15.7 Å². The van der Waals surface area contributed by atoms with Crippen molar-refractivity contribution in [3.63, 3.8) is 0 Å². The van der Waals surface area contributed by atoms with Crippen LogP contribution in [0.2, 0.25) is 10.0 Å². The van der Waals surface area contributed by atoms with E-state index < -0.39 is 23.8 Å². The Hall–Kier alpha value is -3.30. The number of urea groups is 1. The molecule has 5 N–H and O–H groups in total. The van der Waals surface area contributed by atoms with Crippen LogP contribution in [0.15, 0.2) is 42.5 Å². The molecule has 0 aliphatic heterocycles. The first kappa shape index (κ1) is 20.0. The summed E-state index contributed by atoms with van der Waals surface area (Å²) in [6.07, 6.45) is 0. The predicted molar refractivity (Wildman–Crippen MR) is 98.8 cm³/mol. The summed E-state index contributed by atoms with van der Waals surface area (Å²) in [7, 11) is 0. The van der Waals surface area contributed by atoms with E-state index in [0.717, 1.165) is 0 Å². The fourth-order valence-corrected chi connectivity index (χ4v) is 2.16. The summed E-state index contributed by atoms with van der Waals surface area (Å²) in [5.41, 5.74) is 3.89. The molecule has 2 aromatic carbocycles. The van der Waals surface area contributed by atoms with E-state index in [1.807, 2.05) is 10.9 Å². The van der Waals surface area contributed by atoms with Crippen molar-refractivity contribution in [1.82, 2.24) is 10.9 Å². The van der Waals surface area contributed by atoms with Gasteiger partial charge in [-0.1, -0.05) is 35.3 Å².